The molecule has 158 valence electrons. The maximum atomic E-state index is 12.6. The Hall–Kier alpha value is -1.84. The molecule has 2 atom stereocenters. The predicted molar refractivity (Wildman–Crippen MR) is 113 cm³/mol. The average molecular weight is 395 g/mol. The fourth-order valence-electron chi connectivity index (χ4n) is 2.79. The minimum atomic E-state index is -0.376. The van der Waals surface area contributed by atoms with Crippen LogP contribution in [0.25, 0.3) is 0 Å². The number of ether oxygens (including phenoxy) is 2. The molecule has 0 aliphatic rings. The second-order valence-corrected chi connectivity index (χ2v) is 8.11. The molecular weight excluding hydrogens is 358 g/mol. The van der Waals surface area contributed by atoms with Crippen molar-refractivity contribution in [3.05, 3.63) is 53.3 Å². The summed E-state index contributed by atoms with van der Waals surface area (Å²) in [6, 6.07) is 8.01. The van der Waals surface area contributed by atoms with E-state index >= 15 is 0 Å². The molecule has 0 saturated carbocycles. The number of benzene rings is 1. The third kappa shape index (κ3) is 7.65. The van der Waals surface area contributed by atoms with E-state index in [-0.39, 0.29) is 30.6 Å². The van der Waals surface area contributed by atoms with Gasteiger partial charge in [0.15, 0.2) is 0 Å². The van der Waals surface area contributed by atoms with Crippen molar-refractivity contribution in [2.24, 2.45) is 11.8 Å². The van der Waals surface area contributed by atoms with E-state index in [0.717, 1.165) is 17.9 Å². The van der Waals surface area contributed by atoms with Crippen molar-refractivity contribution >= 4 is 0 Å². The summed E-state index contributed by atoms with van der Waals surface area (Å²) in [6.07, 6.45) is 4.97. The van der Waals surface area contributed by atoms with Gasteiger partial charge in [-0.3, -0.25) is 8.78 Å². The smallest absolute Gasteiger partial charge is 0.119 e. The highest BCUT2D eigenvalue weighted by molar-refractivity contribution is 5.39. The molecule has 0 bridgehead atoms. The van der Waals surface area contributed by atoms with Gasteiger partial charge in [0, 0.05) is 17.3 Å². The molecule has 28 heavy (non-hydrogen) atoms. The third-order valence-electron chi connectivity index (χ3n) is 4.94. The summed E-state index contributed by atoms with van der Waals surface area (Å²) in [5, 5.41) is 0. The molecule has 0 heterocycles. The number of rotatable bonds is 12. The van der Waals surface area contributed by atoms with Crippen LogP contribution in [0, 0.1) is 11.8 Å². The Morgan fingerprint density at radius 1 is 1.00 bits per heavy atom. The molecule has 1 aromatic carbocycles. The van der Waals surface area contributed by atoms with E-state index in [9.17, 15) is 8.78 Å². The van der Waals surface area contributed by atoms with Crippen LogP contribution in [-0.2, 0) is 10.2 Å². The molecule has 0 aliphatic carbocycles. The summed E-state index contributed by atoms with van der Waals surface area (Å²) >= 11 is 0. The summed E-state index contributed by atoms with van der Waals surface area (Å²) in [7, 11) is 0. The van der Waals surface area contributed by atoms with Gasteiger partial charge in [-0.2, -0.15) is 0 Å². The first-order chi connectivity index (χ1) is 13.2. The zero-order chi connectivity index (χ0) is 21.2. The van der Waals surface area contributed by atoms with E-state index in [0.29, 0.717) is 13.2 Å². The SMILES string of the molecule is CCC(=CC=C(C)OCC(C)CF)C(C)(C)c1ccc(OCC(C)CF)cc1. The number of hydrogen-bond acceptors (Lipinski definition) is 2. The normalized spacial score (nSPS) is 15.3. The van der Waals surface area contributed by atoms with Gasteiger partial charge in [0.05, 0.1) is 32.3 Å². The quantitative estimate of drug-likeness (QED) is 0.286. The van der Waals surface area contributed by atoms with Gasteiger partial charge in [-0.25, -0.2) is 0 Å². The van der Waals surface area contributed by atoms with Crippen LogP contribution in [-0.4, -0.2) is 26.6 Å². The fourth-order valence-corrected chi connectivity index (χ4v) is 2.79. The van der Waals surface area contributed by atoms with Gasteiger partial charge in [0.2, 0.25) is 0 Å². The Labute approximate surface area is 169 Å². The highest BCUT2D eigenvalue weighted by Gasteiger charge is 2.24. The number of hydrogen-bond donors (Lipinski definition) is 0. The summed E-state index contributed by atoms with van der Waals surface area (Å²) in [5.74, 6) is 1.35. The van der Waals surface area contributed by atoms with Crippen LogP contribution in [0.5, 0.6) is 5.75 Å². The Kier molecular flexibility index (Phi) is 10.3. The monoisotopic (exact) mass is 394 g/mol. The van der Waals surface area contributed by atoms with Crippen LogP contribution in [0.1, 0.15) is 53.5 Å². The highest BCUT2D eigenvalue weighted by atomic mass is 19.1. The Bertz CT molecular complexity index is 633. The van der Waals surface area contributed by atoms with Crippen molar-refractivity contribution in [1.82, 2.24) is 0 Å². The van der Waals surface area contributed by atoms with E-state index in [1.807, 2.05) is 39.0 Å². The molecule has 0 spiro atoms. The lowest BCUT2D eigenvalue weighted by Crippen LogP contribution is -2.20. The lowest BCUT2D eigenvalue weighted by atomic mass is 9.76. The Morgan fingerprint density at radius 3 is 2.11 bits per heavy atom. The second-order valence-electron chi connectivity index (χ2n) is 8.11. The maximum absolute atomic E-state index is 12.6. The number of halogens is 2. The van der Waals surface area contributed by atoms with Crippen LogP contribution >= 0.6 is 0 Å². The van der Waals surface area contributed by atoms with Crippen molar-refractivity contribution in [2.45, 2.75) is 53.4 Å². The first kappa shape index (κ1) is 24.2. The van der Waals surface area contributed by atoms with Crippen LogP contribution < -0.4 is 4.74 Å². The molecule has 2 unspecified atom stereocenters. The molecule has 0 fully saturated rings. The number of alkyl halides is 2. The lowest BCUT2D eigenvalue weighted by Gasteiger charge is -2.28. The first-order valence-electron chi connectivity index (χ1n) is 10.1. The van der Waals surface area contributed by atoms with Crippen molar-refractivity contribution in [3.8, 4) is 5.75 Å². The van der Waals surface area contributed by atoms with E-state index in [2.05, 4.69) is 39.0 Å². The van der Waals surface area contributed by atoms with Crippen molar-refractivity contribution in [1.29, 1.82) is 0 Å². The van der Waals surface area contributed by atoms with E-state index in [1.165, 1.54) is 11.1 Å². The fraction of sp³-hybridized carbons (Fsp3) is 0.583. The van der Waals surface area contributed by atoms with Crippen LogP contribution in [0.3, 0.4) is 0 Å². The molecule has 0 amide bonds. The van der Waals surface area contributed by atoms with E-state index in [1.54, 1.807) is 0 Å². The average Bonchev–Trinajstić information content (AvgIpc) is 2.70. The van der Waals surface area contributed by atoms with Gasteiger partial charge in [-0.15, -0.1) is 0 Å². The van der Waals surface area contributed by atoms with Gasteiger partial charge in [-0.05, 0) is 37.1 Å². The van der Waals surface area contributed by atoms with Gasteiger partial charge >= 0.3 is 0 Å². The zero-order valence-electron chi connectivity index (χ0n) is 18.2. The Morgan fingerprint density at radius 2 is 1.57 bits per heavy atom. The first-order valence-corrected chi connectivity index (χ1v) is 10.1. The molecule has 0 N–H and O–H groups in total. The van der Waals surface area contributed by atoms with Gasteiger partial charge in [0.1, 0.15) is 5.75 Å². The lowest BCUT2D eigenvalue weighted by molar-refractivity contribution is 0.158. The predicted octanol–water partition coefficient (Wildman–Crippen LogP) is 6.81. The number of allylic oxidation sites excluding steroid dienone is 4. The summed E-state index contributed by atoms with van der Waals surface area (Å²) in [4.78, 5) is 0. The largest absolute Gasteiger partial charge is 0.498 e. The summed E-state index contributed by atoms with van der Waals surface area (Å²) < 4.78 is 36.4. The van der Waals surface area contributed by atoms with Crippen molar-refractivity contribution in [3.63, 3.8) is 0 Å². The van der Waals surface area contributed by atoms with Crippen LogP contribution in [0.4, 0.5) is 8.78 Å². The Balaban J connectivity index is 2.86. The second kappa shape index (κ2) is 11.9. The molecule has 0 saturated heterocycles. The molecule has 1 aromatic rings. The summed E-state index contributed by atoms with van der Waals surface area (Å²) in [6.45, 7) is 12.1. The molecule has 0 aliphatic heterocycles. The minimum Gasteiger partial charge on any atom is -0.498 e. The standard InChI is InChI=1S/C24H36F2O2/c1-7-21(9-8-20(4)27-16-18(2)14-25)24(5,6)22-10-12-23(13-11-22)28-17-19(3)15-26/h8-13,18-19H,7,14-17H2,1-6H3. The summed E-state index contributed by atoms with van der Waals surface area (Å²) in [5.41, 5.74) is 2.31. The van der Waals surface area contributed by atoms with Crippen LogP contribution in [0.15, 0.2) is 47.7 Å². The van der Waals surface area contributed by atoms with E-state index in [4.69, 9.17) is 9.47 Å². The van der Waals surface area contributed by atoms with E-state index < -0.39 is 0 Å². The highest BCUT2D eigenvalue weighted by Crippen LogP contribution is 2.34. The van der Waals surface area contributed by atoms with Gasteiger partial charge < -0.3 is 9.47 Å². The van der Waals surface area contributed by atoms with Gasteiger partial charge in [-0.1, -0.05) is 58.4 Å². The third-order valence-corrected chi connectivity index (χ3v) is 4.94. The molecular formula is C24H36F2O2. The molecule has 4 heteroatoms. The molecule has 0 radical (unpaired) electrons. The molecule has 2 nitrogen and oxygen atoms in total. The minimum absolute atomic E-state index is 0.0944. The van der Waals surface area contributed by atoms with Crippen molar-refractivity contribution in [2.75, 3.05) is 26.6 Å². The molecule has 0 aromatic heterocycles. The maximum Gasteiger partial charge on any atom is 0.119 e. The van der Waals surface area contributed by atoms with Gasteiger partial charge in [0.25, 0.3) is 0 Å². The van der Waals surface area contributed by atoms with Crippen molar-refractivity contribution < 1.29 is 18.3 Å². The van der Waals surface area contributed by atoms with Crippen LogP contribution in [0.2, 0.25) is 0 Å². The topological polar surface area (TPSA) is 18.5 Å². The molecule has 1 rings (SSSR count). The zero-order valence-corrected chi connectivity index (χ0v) is 18.2.